The van der Waals surface area contributed by atoms with Crippen LogP contribution in [0.3, 0.4) is 0 Å². The molecular formula is C24H19F3N4O3S. The van der Waals surface area contributed by atoms with Crippen LogP contribution in [0, 0.1) is 6.92 Å². The first-order valence-corrected chi connectivity index (χ1v) is 11.8. The van der Waals surface area contributed by atoms with Crippen molar-refractivity contribution in [1.29, 1.82) is 0 Å². The lowest BCUT2D eigenvalue weighted by molar-refractivity contribution is -0.137. The van der Waals surface area contributed by atoms with E-state index in [0.717, 1.165) is 17.7 Å². The quantitative estimate of drug-likeness (QED) is 0.373. The van der Waals surface area contributed by atoms with Crippen LogP contribution in [0.1, 0.15) is 16.7 Å². The summed E-state index contributed by atoms with van der Waals surface area (Å²) in [5.41, 5.74) is 0.932. The Labute approximate surface area is 199 Å². The molecule has 0 spiro atoms. The Balaban J connectivity index is 1.71. The molecule has 0 amide bonds. The number of rotatable bonds is 7. The molecule has 4 aromatic rings. The second-order valence-electron chi connectivity index (χ2n) is 7.56. The number of aromatic nitrogens is 3. The van der Waals surface area contributed by atoms with Gasteiger partial charge >= 0.3 is 6.18 Å². The van der Waals surface area contributed by atoms with Gasteiger partial charge in [0.2, 0.25) is 5.82 Å². The van der Waals surface area contributed by atoms with Gasteiger partial charge in [0.1, 0.15) is 6.61 Å². The molecule has 1 N–H and O–H groups in total. The molecule has 4 rings (SSSR count). The number of pyridine rings is 1. The molecule has 2 aromatic carbocycles. The van der Waals surface area contributed by atoms with Crippen LogP contribution in [-0.4, -0.2) is 23.4 Å². The molecule has 35 heavy (non-hydrogen) atoms. The molecule has 0 radical (unpaired) electrons. The Morgan fingerprint density at radius 3 is 2.46 bits per heavy atom. The second kappa shape index (κ2) is 9.71. The highest BCUT2D eigenvalue weighted by Crippen LogP contribution is 2.33. The smallest absolute Gasteiger partial charge is 0.416 e. The molecule has 0 aliphatic rings. The molecular weight excluding hydrogens is 481 g/mol. The number of aryl methyl sites for hydroxylation is 1. The summed E-state index contributed by atoms with van der Waals surface area (Å²) in [4.78, 5) is 12.4. The Hall–Kier alpha value is -3.99. The molecule has 0 saturated carbocycles. The van der Waals surface area contributed by atoms with Gasteiger partial charge in [-0.25, -0.2) is 18.4 Å². The topological polar surface area (TPSA) is 94.1 Å². The molecule has 0 bridgehead atoms. The van der Waals surface area contributed by atoms with Crippen LogP contribution in [0.4, 0.5) is 19.0 Å². The number of nitrogens with one attached hydrogen (secondary N) is 1. The van der Waals surface area contributed by atoms with E-state index in [2.05, 4.69) is 19.7 Å². The van der Waals surface area contributed by atoms with Gasteiger partial charge in [-0.05, 0) is 37.3 Å². The van der Waals surface area contributed by atoms with Crippen LogP contribution in [0.25, 0.3) is 11.3 Å². The van der Waals surface area contributed by atoms with Crippen LogP contribution >= 0.6 is 0 Å². The van der Waals surface area contributed by atoms with Gasteiger partial charge in [0.25, 0.3) is 15.9 Å². The first-order valence-electron chi connectivity index (χ1n) is 10.3. The van der Waals surface area contributed by atoms with Crippen molar-refractivity contribution in [2.75, 3.05) is 4.72 Å². The third-order valence-electron chi connectivity index (χ3n) is 4.89. The fourth-order valence-electron chi connectivity index (χ4n) is 3.08. The summed E-state index contributed by atoms with van der Waals surface area (Å²) in [5, 5.41) is 0. The number of alkyl halides is 3. The lowest BCUT2D eigenvalue weighted by Crippen LogP contribution is -2.16. The van der Waals surface area contributed by atoms with E-state index in [1.54, 1.807) is 36.7 Å². The van der Waals surface area contributed by atoms with E-state index >= 15 is 0 Å². The van der Waals surface area contributed by atoms with Crippen molar-refractivity contribution in [2.45, 2.75) is 24.6 Å². The number of sulfonamides is 1. The number of anilines is 1. The van der Waals surface area contributed by atoms with Crippen LogP contribution in [0.2, 0.25) is 0 Å². The predicted molar refractivity (Wildman–Crippen MR) is 123 cm³/mol. The third kappa shape index (κ3) is 5.93. The summed E-state index contributed by atoms with van der Waals surface area (Å²) in [6.07, 6.45) is -0.217. The fourth-order valence-corrected chi connectivity index (χ4v) is 4.08. The highest BCUT2D eigenvalue weighted by atomic mass is 32.2. The van der Waals surface area contributed by atoms with Gasteiger partial charge in [0.15, 0.2) is 0 Å². The number of hydrogen-bond donors (Lipinski definition) is 1. The van der Waals surface area contributed by atoms with Gasteiger partial charge in [-0.1, -0.05) is 35.9 Å². The summed E-state index contributed by atoms with van der Waals surface area (Å²) >= 11 is 0. The Morgan fingerprint density at radius 1 is 1.00 bits per heavy atom. The van der Waals surface area contributed by atoms with Crippen molar-refractivity contribution in [3.8, 4) is 17.1 Å². The first-order chi connectivity index (χ1) is 16.6. The maximum Gasteiger partial charge on any atom is 0.416 e. The molecule has 0 aliphatic heterocycles. The highest BCUT2D eigenvalue weighted by molar-refractivity contribution is 7.92. The fraction of sp³-hybridized carbons (Fsp3) is 0.125. The summed E-state index contributed by atoms with van der Waals surface area (Å²) in [6, 6.07) is 14.2. The molecule has 2 heterocycles. The monoisotopic (exact) mass is 500 g/mol. The number of halogens is 3. The summed E-state index contributed by atoms with van der Waals surface area (Å²) in [5.74, 6) is -0.398. The molecule has 180 valence electrons. The maximum atomic E-state index is 13.2. The zero-order valence-corrected chi connectivity index (χ0v) is 19.1. The van der Waals surface area contributed by atoms with Gasteiger partial charge in [0.05, 0.1) is 22.3 Å². The molecule has 0 atom stereocenters. The Bertz CT molecular complexity index is 1430. The minimum Gasteiger partial charge on any atom is -0.470 e. The molecule has 11 heteroatoms. The van der Waals surface area contributed by atoms with E-state index in [-0.39, 0.29) is 34.5 Å². The molecule has 2 aromatic heterocycles. The van der Waals surface area contributed by atoms with Crippen LogP contribution in [0.5, 0.6) is 5.88 Å². The van der Waals surface area contributed by atoms with E-state index in [4.69, 9.17) is 4.74 Å². The lowest BCUT2D eigenvalue weighted by Gasteiger charge is -2.14. The minimum atomic E-state index is -4.54. The number of hydrogen-bond acceptors (Lipinski definition) is 6. The molecule has 0 fully saturated rings. The average Bonchev–Trinajstić information content (AvgIpc) is 2.84. The Morgan fingerprint density at radius 2 is 1.77 bits per heavy atom. The van der Waals surface area contributed by atoms with E-state index in [0.29, 0.717) is 5.56 Å². The maximum absolute atomic E-state index is 13.2. The van der Waals surface area contributed by atoms with Gasteiger partial charge in [-0.15, -0.1) is 0 Å². The predicted octanol–water partition coefficient (Wildman–Crippen LogP) is 5.25. The standard InChI is InChI=1S/C24H19F3N4O3S/c1-16-7-9-20(10-8-16)35(32,33)31-22-23(34-15-17-4-3-11-28-13-17)30-21(14-29-22)18-5-2-6-19(12-18)24(25,26)27/h2-14H,15H2,1H3,(H,29,31). The highest BCUT2D eigenvalue weighted by Gasteiger charge is 2.30. The molecule has 0 saturated heterocycles. The zero-order valence-electron chi connectivity index (χ0n) is 18.3. The van der Waals surface area contributed by atoms with Crippen LogP contribution in [0.15, 0.2) is 84.1 Å². The largest absolute Gasteiger partial charge is 0.470 e. The van der Waals surface area contributed by atoms with Crippen molar-refractivity contribution in [3.63, 3.8) is 0 Å². The molecule has 0 aliphatic carbocycles. The van der Waals surface area contributed by atoms with E-state index in [1.807, 2.05) is 6.92 Å². The van der Waals surface area contributed by atoms with Crippen molar-refractivity contribution in [3.05, 3.63) is 95.9 Å². The minimum absolute atomic E-state index is 0.00469. The van der Waals surface area contributed by atoms with Gasteiger partial charge < -0.3 is 4.74 Å². The molecule has 0 unspecified atom stereocenters. The lowest BCUT2D eigenvalue weighted by atomic mass is 10.1. The van der Waals surface area contributed by atoms with Crippen molar-refractivity contribution < 1.29 is 26.3 Å². The van der Waals surface area contributed by atoms with Crippen molar-refractivity contribution in [1.82, 2.24) is 15.0 Å². The SMILES string of the molecule is Cc1ccc(S(=O)(=O)Nc2ncc(-c3cccc(C(F)(F)F)c3)nc2OCc2cccnc2)cc1. The van der Waals surface area contributed by atoms with Crippen LogP contribution < -0.4 is 9.46 Å². The summed E-state index contributed by atoms with van der Waals surface area (Å²) in [6.45, 7) is 1.81. The van der Waals surface area contributed by atoms with E-state index in [9.17, 15) is 21.6 Å². The average molecular weight is 501 g/mol. The molecule has 7 nitrogen and oxygen atoms in total. The van der Waals surface area contributed by atoms with Gasteiger partial charge in [-0.2, -0.15) is 13.2 Å². The number of nitrogens with zero attached hydrogens (tertiary/aromatic N) is 3. The van der Waals surface area contributed by atoms with Crippen molar-refractivity contribution in [2.24, 2.45) is 0 Å². The first kappa shape index (κ1) is 24.1. The van der Waals surface area contributed by atoms with Crippen molar-refractivity contribution >= 4 is 15.8 Å². The number of ether oxygens (including phenoxy) is 1. The third-order valence-corrected chi connectivity index (χ3v) is 6.24. The van der Waals surface area contributed by atoms with Gasteiger partial charge in [0, 0.05) is 23.5 Å². The van der Waals surface area contributed by atoms with Gasteiger partial charge in [-0.3, -0.25) is 9.71 Å². The normalized spacial score (nSPS) is 11.8. The summed E-state index contributed by atoms with van der Waals surface area (Å²) < 4.78 is 73.3. The summed E-state index contributed by atoms with van der Waals surface area (Å²) in [7, 11) is -4.03. The van der Waals surface area contributed by atoms with Crippen LogP contribution in [-0.2, 0) is 22.8 Å². The van der Waals surface area contributed by atoms with E-state index in [1.165, 1.54) is 30.5 Å². The van der Waals surface area contributed by atoms with E-state index < -0.39 is 21.8 Å². The zero-order chi connectivity index (χ0) is 25.1. The number of benzene rings is 2. The Kier molecular flexibility index (Phi) is 6.70. The second-order valence-corrected chi connectivity index (χ2v) is 9.24.